The van der Waals surface area contributed by atoms with Crippen LogP contribution in [-0.2, 0) is 14.8 Å². The molecule has 9 nitrogen and oxygen atoms in total. The SMILES string of the molecule is COc1ccc(/C=N\NC(=S)Nc2ccc(S(=O)(=O)N3CCOCC3)cc2)cc1O. The summed E-state index contributed by atoms with van der Waals surface area (Å²) < 4.78 is 36.9. The summed E-state index contributed by atoms with van der Waals surface area (Å²) >= 11 is 5.18. The van der Waals surface area contributed by atoms with Gasteiger partial charge in [0.25, 0.3) is 0 Å². The van der Waals surface area contributed by atoms with Crippen molar-refractivity contribution < 1.29 is 23.0 Å². The highest BCUT2D eigenvalue weighted by Gasteiger charge is 2.26. The molecule has 2 aromatic rings. The first kappa shape index (κ1) is 22.0. The molecule has 1 aliphatic rings. The third-order valence-corrected chi connectivity index (χ3v) is 6.41. The van der Waals surface area contributed by atoms with Gasteiger partial charge in [0.1, 0.15) is 0 Å². The normalized spacial score (nSPS) is 15.1. The van der Waals surface area contributed by atoms with Gasteiger partial charge in [-0.15, -0.1) is 0 Å². The molecule has 0 saturated carbocycles. The number of ether oxygens (including phenoxy) is 2. The Labute approximate surface area is 180 Å². The first-order chi connectivity index (χ1) is 14.4. The Morgan fingerprint density at radius 2 is 1.93 bits per heavy atom. The number of hydrogen-bond acceptors (Lipinski definition) is 7. The third-order valence-electron chi connectivity index (χ3n) is 4.30. The van der Waals surface area contributed by atoms with Crippen LogP contribution in [-0.4, -0.2) is 62.6 Å². The zero-order chi connectivity index (χ0) is 21.6. The summed E-state index contributed by atoms with van der Waals surface area (Å²) in [4.78, 5) is 0.214. The molecule has 3 rings (SSSR count). The molecule has 1 aliphatic heterocycles. The molecular weight excluding hydrogens is 428 g/mol. The van der Waals surface area contributed by atoms with Gasteiger partial charge in [0.15, 0.2) is 16.6 Å². The van der Waals surface area contributed by atoms with Gasteiger partial charge >= 0.3 is 0 Å². The van der Waals surface area contributed by atoms with Crippen LogP contribution in [0, 0.1) is 0 Å². The molecule has 11 heteroatoms. The maximum absolute atomic E-state index is 12.6. The largest absolute Gasteiger partial charge is 0.504 e. The van der Waals surface area contributed by atoms with Crippen molar-refractivity contribution in [3.8, 4) is 11.5 Å². The molecule has 3 N–H and O–H groups in total. The van der Waals surface area contributed by atoms with E-state index >= 15 is 0 Å². The summed E-state index contributed by atoms with van der Waals surface area (Å²) in [5.74, 6) is 0.380. The fourth-order valence-electron chi connectivity index (χ4n) is 2.76. The summed E-state index contributed by atoms with van der Waals surface area (Å²) in [7, 11) is -2.07. The molecule has 0 unspecified atom stereocenters. The number of nitrogens with zero attached hydrogens (tertiary/aromatic N) is 2. The standard InChI is InChI=1S/C19H22N4O5S2/c1-27-18-7-2-14(12-17(18)24)13-20-22-19(29)21-15-3-5-16(6-4-15)30(25,26)23-8-10-28-11-9-23/h2-7,12-13,24H,8-11H2,1H3,(H2,21,22,29)/b20-13-. The zero-order valence-corrected chi connectivity index (χ0v) is 17.9. The molecule has 0 bridgehead atoms. The Hall–Kier alpha value is -2.73. The van der Waals surface area contributed by atoms with Crippen molar-refractivity contribution >= 4 is 39.3 Å². The quantitative estimate of drug-likeness (QED) is 0.347. The maximum Gasteiger partial charge on any atom is 0.243 e. The van der Waals surface area contributed by atoms with Crippen molar-refractivity contribution in [3.05, 3.63) is 48.0 Å². The van der Waals surface area contributed by atoms with E-state index in [1.165, 1.54) is 35.8 Å². The number of hydrazone groups is 1. The van der Waals surface area contributed by atoms with E-state index in [1.54, 1.807) is 24.3 Å². The number of aromatic hydroxyl groups is 1. The van der Waals surface area contributed by atoms with Crippen molar-refractivity contribution in [3.63, 3.8) is 0 Å². The number of sulfonamides is 1. The number of methoxy groups -OCH3 is 1. The summed E-state index contributed by atoms with van der Waals surface area (Å²) in [6.45, 7) is 1.49. The van der Waals surface area contributed by atoms with Crippen molar-refractivity contribution in [1.29, 1.82) is 0 Å². The van der Waals surface area contributed by atoms with E-state index in [9.17, 15) is 13.5 Å². The molecular formula is C19H22N4O5S2. The minimum atomic E-state index is -3.54. The lowest BCUT2D eigenvalue weighted by atomic mass is 10.2. The van der Waals surface area contributed by atoms with Gasteiger partial charge < -0.3 is 19.9 Å². The average Bonchev–Trinajstić information content (AvgIpc) is 2.75. The molecule has 0 aromatic heterocycles. The number of nitrogens with one attached hydrogen (secondary N) is 2. The third kappa shape index (κ3) is 5.45. The first-order valence-corrected chi connectivity index (χ1v) is 10.9. The molecule has 30 heavy (non-hydrogen) atoms. The minimum Gasteiger partial charge on any atom is -0.504 e. The molecule has 1 saturated heterocycles. The molecule has 1 heterocycles. The van der Waals surface area contributed by atoms with Gasteiger partial charge in [-0.2, -0.15) is 9.41 Å². The van der Waals surface area contributed by atoms with Crippen LogP contribution in [0.2, 0.25) is 0 Å². The van der Waals surface area contributed by atoms with E-state index in [1.807, 2.05) is 0 Å². The predicted octanol–water partition coefficient (Wildman–Crippen LogP) is 1.74. The molecule has 2 aromatic carbocycles. The van der Waals surface area contributed by atoms with Crippen LogP contribution >= 0.6 is 12.2 Å². The van der Waals surface area contributed by atoms with Crippen molar-refractivity contribution in [2.24, 2.45) is 5.10 Å². The lowest BCUT2D eigenvalue weighted by Gasteiger charge is -2.26. The van der Waals surface area contributed by atoms with Crippen molar-refractivity contribution in [1.82, 2.24) is 9.73 Å². The average molecular weight is 451 g/mol. The first-order valence-electron chi connectivity index (χ1n) is 9.05. The van der Waals surface area contributed by atoms with Crippen LogP contribution in [0.3, 0.4) is 0 Å². The number of hydrogen-bond donors (Lipinski definition) is 3. The molecule has 0 amide bonds. The summed E-state index contributed by atoms with van der Waals surface area (Å²) in [5, 5.41) is 16.9. The van der Waals surface area contributed by atoms with E-state index in [-0.39, 0.29) is 15.8 Å². The Balaban J connectivity index is 1.56. The van der Waals surface area contributed by atoms with Crippen LogP contribution in [0.25, 0.3) is 0 Å². The zero-order valence-electron chi connectivity index (χ0n) is 16.2. The summed E-state index contributed by atoms with van der Waals surface area (Å²) in [6.07, 6.45) is 1.49. The number of phenolic OH excluding ortho intramolecular Hbond substituents is 1. The van der Waals surface area contributed by atoms with Gasteiger partial charge in [0.05, 0.1) is 31.4 Å². The van der Waals surface area contributed by atoms with Crippen LogP contribution in [0.5, 0.6) is 11.5 Å². The van der Waals surface area contributed by atoms with Crippen LogP contribution in [0.1, 0.15) is 5.56 Å². The van der Waals surface area contributed by atoms with Gasteiger partial charge in [-0.05, 0) is 60.2 Å². The lowest BCUT2D eigenvalue weighted by Crippen LogP contribution is -2.40. The highest BCUT2D eigenvalue weighted by molar-refractivity contribution is 7.89. The Morgan fingerprint density at radius 3 is 2.57 bits per heavy atom. The number of anilines is 1. The molecule has 0 radical (unpaired) electrons. The second-order valence-corrected chi connectivity index (χ2v) is 8.64. The molecule has 160 valence electrons. The maximum atomic E-state index is 12.6. The van der Waals surface area contributed by atoms with E-state index in [0.717, 1.165) is 0 Å². The molecule has 0 spiro atoms. The number of benzene rings is 2. The highest BCUT2D eigenvalue weighted by Crippen LogP contribution is 2.25. The van der Waals surface area contributed by atoms with Gasteiger partial charge in [-0.25, -0.2) is 8.42 Å². The molecule has 0 aliphatic carbocycles. The van der Waals surface area contributed by atoms with Crippen molar-refractivity contribution in [2.75, 3.05) is 38.7 Å². The minimum absolute atomic E-state index is 0.00859. The number of thiocarbonyl (C=S) groups is 1. The van der Waals surface area contributed by atoms with E-state index in [4.69, 9.17) is 21.7 Å². The van der Waals surface area contributed by atoms with E-state index in [2.05, 4.69) is 15.8 Å². The van der Waals surface area contributed by atoms with Crippen LogP contribution in [0.15, 0.2) is 52.5 Å². The monoisotopic (exact) mass is 450 g/mol. The Kier molecular flexibility index (Phi) is 7.21. The van der Waals surface area contributed by atoms with Gasteiger partial charge in [0, 0.05) is 18.8 Å². The number of rotatable bonds is 6. The van der Waals surface area contributed by atoms with Crippen molar-refractivity contribution in [2.45, 2.75) is 4.90 Å². The molecule has 0 atom stereocenters. The smallest absolute Gasteiger partial charge is 0.243 e. The topological polar surface area (TPSA) is 112 Å². The highest BCUT2D eigenvalue weighted by atomic mass is 32.2. The lowest BCUT2D eigenvalue weighted by molar-refractivity contribution is 0.0730. The predicted molar refractivity (Wildman–Crippen MR) is 118 cm³/mol. The van der Waals surface area contributed by atoms with E-state index in [0.29, 0.717) is 43.3 Å². The fraction of sp³-hybridized carbons (Fsp3) is 0.263. The number of phenols is 1. The second-order valence-electron chi connectivity index (χ2n) is 6.30. The van der Waals surface area contributed by atoms with Crippen LogP contribution < -0.4 is 15.5 Å². The van der Waals surface area contributed by atoms with Crippen LogP contribution in [0.4, 0.5) is 5.69 Å². The van der Waals surface area contributed by atoms with Gasteiger partial charge in [0.2, 0.25) is 10.0 Å². The number of morpholine rings is 1. The van der Waals surface area contributed by atoms with Gasteiger partial charge in [-0.3, -0.25) is 5.43 Å². The molecule has 1 fully saturated rings. The van der Waals surface area contributed by atoms with E-state index < -0.39 is 10.0 Å². The fourth-order valence-corrected chi connectivity index (χ4v) is 4.34. The Bertz CT molecular complexity index is 1020. The summed E-state index contributed by atoms with van der Waals surface area (Å²) in [6, 6.07) is 11.2. The van der Waals surface area contributed by atoms with Gasteiger partial charge in [-0.1, -0.05) is 0 Å². The summed E-state index contributed by atoms with van der Waals surface area (Å²) in [5.41, 5.74) is 3.93. The Morgan fingerprint density at radius 1 is 1.23 bits per heavy atom. The second kappa shape index (κ2) is 9.85.